The molecule has 0 saturated carbocycles. The van der Waals surface area contributed by atoms with Crippen LogP contribution in [0.25, 0.3) is 0 Å². The number of rotatable bonds is 7. The predicted octanol–water partition coefficient (Wildman–Crippen LogP) is 1.56. The van der Waals surface area contributed by atoms with E-state index in [1.165, 1.54) is 26.0 Å². The predicted molar refractivity (Wildman–Crippen MR) is 110 cm³/mol. The van der Waals surface area contributed by atoms with Crippen molar-refractivity contribution in [3.63, 3.8) is 0 Å². The number of nitrogens with zero attached hydrogens (tertiary/aromatic N) is 2. The van der Waals surface area contributed by atoms with Crippen molar-refractivity contribution in [3.8, 4) is 11.5 Å². The number of amidine groups is 1. The van der Waals surface area contributed by atoms with E-state index >= 15 is 0 Å². The van der Waals surface area contributed by atoms with Crippen molar-refractivity contribution in [3.05, 3.63) is 18.2 Å². The van der Waals surface area contributed by atoms with Gasteiger partial charge in [-0.3, -0.25) is 9.59 Å². The van der Waals surface area contributed by atoms with Gasteiger partial charge in [-0.1, -0.05) is 11.8 Å². The summed E-state index contributed by atoms with van der Waals surface area (Å²) in [6.07, 6.45) is 0.0903. The number of aliphatic imine (C=N–C) groups is 1. The smallest absolute Gasteiger partial charge is 0.303 e. The minimum absolute atomic E-state index is 0.00702. The van der Waals surface area contributed by atoms with Crippen LogP contribution in [0.3, 0.4) is 0 Å². The second-order valence-corrected chi connectivity index (χ2v) is 10.1. The van der Waals surface area contributed by atoms with Gasteiger partial charge in [0.1, 0.15) is 11.5 Å². The van der Waals surface area contributed by atoms with Crippen molar-refractivity contribution in [2.24, 2.45) is 4.99 Å². The van der Waals surface area contributed by atoms with Crippen LogP contribution in [-0.2, 0) is 19.4 Å². The molecule has 1 amide bonds. The monoisotopic (exact) mass is 442 g/mol. The highest BCUT2D eigenvalue weighted by molar-refractivity contribution is 8.16. The number of carbonyl (C=O) groups excluding carboxylic acids is 1. The molecule has 1 aromatic rings. The molecule has 0 radical (unpaired) electrons. The molecule has 29 heavy (non-hydrogen) atoms. The molecule has 2 saturated heterocycles. The highest BCUT2D eigenvalue weighted by Crippen LogP contribution is 2.45. The van der Waals surface area contributed by atoms with Gasteiger partial charge < -0.3 is 19.5 Å². The lowest BCUT2D eigenvalue weighted by Crippen LogP contribution is -2.38. The molecule has 1 aromatic carbocycles. The Balaban J connectivity index is 1.96. The van der Waals surface area contributed by atoms with Gasteiger partial charge in [-0.25, -0.2) is 8.42 Å². The maximum atomic E-state index is 12.3. The first kappa shape index (κ1) is 21.4. The fraction of sp³-hybridized carbons (Fsp3) is 0.500. The molecule has 11 heteroatoms. The fourth-order valence-corrected chi connectivity index (χ4v) is 7.31. The van der Waals surface area contributed by atoms with Crippen LogP contribution in [0.5, 0.6) is 11.5 Å². The molecular formula is C18H22N2O7S2. The molecule has 158 valence electrons. The molecule has 1 N–H and O–H groups in total. The van der Waals surface area contributed by atoms with Gasteiger partial charge in [0.25, 0.3) is 0 Å². The molecule has 0 aliphatic carbocycles. The number of hydrogen-bond acceptors (Lipinski definition) is 7. The lowest BCUT2D eigenvalue weighted by molar-refractivity contribution is -0.137. The Bertz CT molecular complexity index is 946. The zero-order chi connectivity index (χ0) is 21.2. The summed E-state index contributed by atoms with van der Waals surface area (Å²) in [6.45, 7) is 0. The van der Waals surface area contributed by atoms with Crippen LogP contribution in [0.4, 0.5) is 5.69 Å². The third-order valence-corrected chi connectivity index (χ3v) is 7.92. The number of thioether (sulfide) groups is 1. The van der Waals surface area contributed by atoms with Crippen LogP contribution in [0.15, 0.2) is 23.2 Å². The van der Waals surface area contributed by atoms with Crippen LogP contribution in [0.2, 0.25) is 0 Å². The number of fused-ring (bicyclic) bond motifs is 1. The topological polar surface area (TPSA) is 123 Å². The number of benzene rings is 1. The SMILES string of the molecule is COc1ccc(OC)c(N2C(=NC(=O)CCCC(=O)O)SC3CS(=O)(=O)CC32)c1. The lowest BCUT2D eigenvalue weighted by Gasteiger charge is -2.26. The molecule has 0 aromatic heterocycles. The van der Waals surface area contributed by atoms with Gasteiger partial charge in [-0.05, 0) is 18.6 Å². The summed E-state index contributed by atoms with van der Waals surface area (Å²) in [5.41, 5.74) is 0.570. The summed E-state index contributed by atoms with van der Waals surface area (Å²) in [5, 5.41) is 8.87. The van der Waals surface area contributed by atoms with E-state index in [1.54, 1.807) is 23.1 Å². The Morgan fingerprint density at radius 3 is 2.66 bits per heavy atom. The van der Waals surface area contributed by atoms with Crippen LogP contribution < -0.4 is 14.4 Å². The second-order valence-electron chi connectivity index (χ2n) is 6.74. The molecule has 2 fully saturated rings. The summed E-state index contributed by atoms with van der Waals surface area (Å²) in [6, 6.07) is 4.78. The van der Waals surface area contributed by atoms with E-state index in [-0.39, 0.29) is 42.1 Å². The summed E-state index contributed by atoms with van der Waals surface area (Å²) in [4.78, 5) is 28.8. The number of carboxylic acid groups (broad SMARTS) is 1. The number of hydrogen-bond donors (Lipinski definition) is 1. The van der Waals surface area contributed by atoms with Gasteiger partial charge in [-0.2, -0.15) is 4.99 Å². The summed E-state index contributed by atoms with van der Waals surface area (Å²) < 4.78 is 35.1. The molecule has 2 unspecified atom stereocenters. The van der Waals surface area contributed by atoms with Gasteiger partial charge in [-0.15, -0.1) is 0 Å². The molecule has 2 aliphatic rings. The van der Waals surface area contributed by atoms with Gasteiger partial charge in [0.15, 0.2) is 15.0 Å². The highest BCUT2D eigenvalue weighted by atomic mass is 32.2. The van der Waals surface area contributed by atoms with Crippen molar-refractivity contribution in [1.29, 1.82) is 0 Å². The van der Waals surface area contributed by atoms with E-state index in [9.17, 15) is 18.0 Å². The average molecular weight is 443 g/mol. The Hall–Kier alpha value is -2.27. The summed E-state index contributed by atoms with van der Waals surface area (Å²) in [7, 11) is -0.170. The third-order valence-electron chi connectivity index (χ3n) is 4.71. The average Bonchev–Trinajstić information content (AvgIpc) is 3.11. The summed E-state index contributed by atoms with van der Waals surface area (Å²) >= 11 is 1.25. The minimum Gasteiger partial charge on any atom is -0.497 e. The minimum atomic E-state index is -3.20. The zero-order valence-corrected chi connectivity index (χ0v) is 17.7. The number of ether oxygens (including phenoxy) is 2. The van der Waals surface area contributed by atoms with Crippen molar-refractivity contribution in [1.82, 2.24) is 0 Å². The lowest BCUT2D eigenvalue weighted by atomic mass is 10.2. The van der Waals surface area contributed by atoms with Gasteiger partial charge >= 0.3 is 5.97 Å². The third kappa shape index (κ3) is 4.84. The van der Waals surface area contributed by atoms with Crippen molar-refractivity contribution >= 4 is 44.3 Å². The van der Waals surface area contributed by atoms with Crippen LogP contribution in [0.1, 0.15) is 19.3 Å². The Morgan fingerprint density at radius 1 is 1.24 bits per heavy atom. The Labute approximate surface area is 173 Å². The standard InChI is InChI=1S/C18H22N2O7S2/c1-26-11-6-7-14(27-2)12(8-11)20-13-9-29(24,25)10-15(13)28-18(20)19-16(21)4-3-5-17(22)23/h6-8,13,15H,3-5,9-10H2,1-2H3,(H,22,23). The molecule has 3 rings (SSSR count). The number of amides is 1. The molecule has 2 aliphatic heterocycles. The van der Waals surface area contributed by atoms with E-state index in [0.717, 1.165) is 0 Å². The molecule has 9 nitrogen and oxygen atoms in total. The van der Waals surface area contributed by atoms with Crippen molar-refractivity contribution < 1.29 is 32.6 Å². The van der Waals surface area contributed by atoms with Crippen molar-refractivity contribution in [2.45, 2.75) is 30.6 Å². The van der Waals surface area contributed by atoms with Crippen LogP contribution in [-0.4, -0.2) is 67.6 Å². The molecule has 0 spiro atoms. The molecular weight excluding hydrogens is 420 g/mol. The van der Waals surface area contributed by atoms with Crippen LogP contribution >= 0.6 is 11.8 Å². The first-order chi connectivity index (χ1) is 13.7. The van der Waals surface area contributed by atoms with E-state index < -0.39 is 21.7 Å². The largest absolute Gasteiger partial charge is 0.497 e. The zero-order valence-electron chi connectivity index (χ0n) is 16.0. The molecule has 2 heterocycles. The Morgan fingerprint density at radius 2 is 2.00 bits per heavy atom. The number of sulfone groups is 1. The maximum Gasteiger partial charge on any atom is 0.303 e. The Kier molecular flexibility index (Phi) is 6.37. The molecule has 0 bridgehead atoms. The fourth-order valence-electron chi connectivity index (χ4n) is 3.38. The van der Waals surface area contributed by atoms with Crippen LogP contribution in [0, 0.1) is 0 Å². The maximum absolute atomic E-state index is 12.3. The normalized spacial score (nSPS) is 23.8. The number of methoxy groups -OCH3 is 2. The van der Waals surface area contributed by atoms with E-state index in [4.69, 9.17) is 14.6 Å². The van der Waals surface area contributed by atoms with Crippen molar-refractivity contribution in [2.75, 3.05) is 30.6 Å². The number of carbonyl (C=O) groups is 2. The van der Waals surface area contributed by atoms with E-state index in [2.05, 4.69) is 4.99 Å². The second kappa shape index (κ2) is 8.62. The first-order valence-corrected chi connectivity index (χ1v) is 11.7. The van der Waals surface area contributed by atoms with Gasteiger partial charge in [0, 0.05) is 24.2 Å². The van der Waals surface area contributed by atoms with E-state index in [0.29, 0.717) is 22.4 Å². The number of aliphatic carboxylic acids is 1. The number of anilines is 1. The molecule has 2 atom stereocenters. The van der Waals surface area contributed by atoms with Gasteiger partial charge in [0.2, 0.25) is 5.91 Å². The highest BCUT2D eigenvalue weighted by Gasteiger charge is 2.50. The first-order valence-electron chi connectivity index (χ1n) is 8.95. The van der Waals surface area contributed by atoms with E-state index in [1.807, 2.05) is 0 Å². The quantitative estimate of drug-likeness (QED) is 0.670. The summed E-state index contributed by atoms with van der Waals surface area (Å²) in [5.74, 6) is -0.384. The number of carboxylic acids is 1. The van der Waals surface area contributed by atoms with Gasteiger partial charge in [0.05, 0.1) is 37.5 Å².